The third kappa shape index (κ3) is 2.86. The smallest absolute Gasteiger partial charge is 0.0582 e. The van der Waals surface area contributed by atoms with E-state index in [1.54, 1.807) is 0 Å². The normalized spacial score (nSPS) is 10.4. The molecule has 0 saturated heterocycles. The molecule has 0 unspecified atom stereocenters. The van der Waals surface area contributed by atoms with E-state index in [9.17, 15) is 0 Å². The quantitative estimate of drug-likeness (QED) is 0.849. The second-order valence-corrected chi connectivity index (χ2v) is 4.07. The summed E-state index contributed by atoms with van der Waals surface area (Å²) < 4.78 is 1.95. The highest BCUT2D eigenvalue weighted by Gasteiger charge is 1.94. The lowest BCUT2D eigenvalue weighted by molar-refractivity contribution is 0.637. The number of aromatic nitrogens is 2. The van der Waals surface area contributed by atoms with Crippen LogP contribution in [0.25, 0.3) is 0 Å². The molecule has 0 aliphatic heterocycles. The fourth-order valence-electron chi connectivity index (χ4n) is 1.58. The zero-order valence-electron chi connectivity index (χ0n) is 9.77. The van der Waals surface area contributed by atoms with Gasteiger partial charge in [-0.05, 0) is 31.5 Å². The standard InChI is InChI=1S/C13H17N3/c1-11-3-5-13(6-4-11)14-7-8-16-10-12(2)9-15-16/h3-6,9-10,14H,7-8H2,1-2H3. The van der Waals surface area contributed by atoms with Crippen molar-refractivity contribution in [3.05, 3.63) is 47.8 Å². The van der Waals surface area contributed by atoms with Gasteiger partial charge in [0, 0.05) is 18.4 Å². The van der Waals surface area contributed by atoms with Crippen LogP contribution in [0.4, 0.5) is 5.69 Å². The van der Waals surface area contributed by atoms with Gasteiger partial charge >= 0.3 is 0 Å². The first-order valence-corrected chi connectivity index (χ1v) is 5.53. The van der Waals surface area contributed by atoms with Crippen LogP contribution in [0, 0.1) is 13.8 Å². The first-order chi connectivity index (χ1) is 7.74. The van der Waals surface area contributed by atoms with Crippen molar-refractivity contribution in [2.45, 2.75) is 20.4 Å². The fourth-order valence-corrected chi connectivity index (χ4v) is 1.58. The van der Waals surface area contributed by atoms with E-state index in [1.807, 2.05) is 10.9 Å². The molecule has 1 heterocycles. The Hall–Kier alpha value is -1.77. The van der Waals surface area contributed by atoms with Gasteiger partial charge in [0.2, 0.25) is 0 Å². The maximum Gasteiger partial charge on any atom is 0.0582 e. The van der Waals surface area contributed by atoms with Gasteiger partial charge in [0.15, 0.2) is 0 Å². The van der Waals surface area contributed by atoms with E-state index in [0.717, 1.165) is 18.8 Å². The van der Waals surface area contributed by atoms with E-state index in [4.69, 9.17) is 0 Å². The molecule has 3 nitrogen and oxygen atoms in total. The van der Waals surface area contributed by atoms with E-state index < -0.39 is 0 Å². The minimum Gasteiger partial charge on any atom is -0.383 e. The van der Waals surface area contributed by atoms with Crippen LogP contribution in [0.5, 0.6) is 0 Å². The lowest BCUT2D eigenvalue weighted by atomic mass is 10.2. The van der Waals surface area contributed by atoms with Crippen LogP contribution in [-0.4, -0.2) is 16.3 Å². The molecule has 2 rings (SSSR count). The molecule has 0 atom stereocenters. The molecule has 0 amide bonds. The van der Waals surface area contributed by atoms with E-state index in [-0.39, 0.29) is 0 Å². The zero-order valence-corrected chi connectivity index (χ0v) is 9.77. The lowest BCUT2D eigenvalue weighted by Gasteiger charge is -2.06. The molecule has 1 aromatic heterocycles. The summed E-state index contributed by atoms with van der Waals surface area (Å²) in [6.45, 7) is 5.93. The Morgan fingerprint density at radius 1 is 1.12 bits per heavy atom. The molecule has 0 bridgehead atoms. The van der Waals surface area contributed by atoms with Crippen molar-refractivity contribution in [3.8, 4) is 0 Å². The molecule has 0 fully saturated rings. The van der Waals surface area contributed by atoms with Gasteiger partial charge in [-0.15, -0.1) is 0 Å². The molecule has 0 spiro atoms. The van der Waals surface area contributed by atoms with E-state index in [1.165, 1.54) is 11.1 Å². The average molecular weight is 215 g/mol. The first kappa shape index (κ1) is 10.7. The molecular weight excluding hydrogens is 198 g/mol. The third-order valence-electron chi connectivity index (χ3n) is 2.48. The van der Waals surface area contributed by atoms with Crippen LogP contribution in [0.3, 0.4) is 0 Å². The van der Waals surface area contributed by atoms with Gasteiger partial charge in [0.25, 0.3) is 0 Å². The number of nitrogens with zero attached hydrogens (tertiary/aromatic N) is 2. The summed E-state index contributed by atoms with van der Waals surface area (Å²) in [5.74, 6) is 0. The van der Waals surface area contributed by atoms with Crippen molar-refractivity contribution in [2.24, 2.45) is 0 Å². The molecule has 1 N–H and O–H groups in total. The third-order valence-corrected chi connectivity index (χ3v) is 2.48. The Balaban J connectivity index is 1.82. The molecule has 16 heavy (non-hydrogen) atoms. The summed E-state index contributed by atoms with van der Waals surface area (Å²) in [5, 5.41) is 7.61. The number of hydrogen-bond acceptors (Lipinski definition) is 2. The van der Waals surface area contributed by atoms with Crippen molar-refractivity contribution in [2.75, 3.05) is 11.9 Å². The van der Waals surface area contributed by atoms with Crippen LogP contribution >= 0.6 is 0 Å². The molecule has 3 heteroatoms. The fraction of sp³-hybridized carbons (Fsp3) is 0.308. The Labute approximate surface area is 96.1 Å². The molecule has 1 aromatic carbocycles. The SMILES string of the molecule is Cc1ccc(NCCn2cc(C)cn2)cc1. The molecular formula is C13H17N3. The molecule has 84 valence electrons. The molecule has 0 radical (unpaired) electrons. The van der Waals surface area contributed by atoms with Crippen LogP contribution in [0.15, 0.2) is 36.7 Å². The van der Waals surface area contributed by atoms with Crippen LogP contribution in [0.1, 0.15) is 11.1 Å². The highest BCUT2D eigenvalue weighted by atomic mass is 15.3. The predicted molar refractivity (Wildman–Crippen MR) is 66.6 cm³/mol. The molecule has 0 aliphatic rings. The van der Waals surface area contributed by atoms with Crippen molar-refractivity contribution in [3.63, 3.8) is 0 Å². The first-order valence-electron chi connectivity index (χ1n) is 5.53. The van der Waals surface area contributed by atoms with Gasteiger partial charge in [0.05, 0.1) is 12.7 Å². The van der Waals surface area contributed by atoms with Gasteiger partial charge in [-0.2, -0.15) is 5.10 Å². The van der Waals surface area contributed by atoms with Crippen molar-refractivity contribution >= 4 is 5.69 Å². The number of anilines is 1. The van der Waals surface area contributed by atoms with Crippen LogP contribution in [0.2, 0.25) is 0 Å². The van der Waals surface area contributed by atoms with Gasteiger partial charge in [-0.3, -0.25) is 4.68 Å². The monoisotopic (exact) mass is 215 g/mol. The zero-order chi connectivity index (χ0) is 11.4. The number of nitrogens with one attached hydrogen (secondary N) is 1. The van der Waals surface area contributed by atoms with Crippen molar-refractivity contribution in [1.82, 2.24) is 9.78 Å². The Morgan fingerprint density at radius 2 is 1.88 bits per heavy atom. The number of rotatable bonds is 4. The number of hydrogen-bond donors (Lipinski definition) is 1. The molecule has 0 saturated carbocycles. The summed E-state index contributed by atoms with van der Waals surface area (Å²) in [4.78, 5) is 0. The second-order valence-electron chi connectivity index (χ2n) is 4.07. The largest absolute Gasteiger partial charge is 0.383 e. The summed E-state index contributed by atoms with van der Waals surface area (Å²) in [6, 6.07) is 8.42. The van der Waals surface area contributed by atoms with E-state index >= 15 is 0 Å². The summed E-state index contributed by atoms with van der Waals surface area (Å²) in [6.07, 6.45) is 3.93. The summed E-state index contributed by atoms with van der Waals surface area (Å²) in [5.41, 5.74) is 3.65. The Morgan fingerprint density at radius 3 is 2.50 bits per heavy atom. The maximum atomic E-state index is 4.24. The summed E-state index contributed by atoms with van der Waals surface area (Å²) >= 11 is 0. The van der Waals surface area contributed by atoms with Gasteiger partial charge in [0.1, 0.15) is 0 Å². The van der Waals surface area contributed by atoms with Crippen molar-refractivity contribution < 1.29 is 0 Å². The highest BCUT2D eigenvalue weighted by molar-refractivity contribution is 5.44. The van der Waals surface area contributed by atoms with E-state index in [2.05, 4.69) is 54.7 Å². The van der Waals surface area contributed by atoms with Crippen molar-refractivity contribution in [1.29, 1.82) is 0 Å². The Bertz CT molecular complexity index is 442. The minimum atomic E-state index is 0.891. The number of aryl methyl sites for hydroxylation is 2. The van der Waals surface area contributed by atoms with E-state index in [0.29, 0.717) is 0 Å². The maximum absolute atomic E-state index is 4.24. The van der Waals surface area contributed by atoms with Gasteiger partial charge in [-0.25, -0.2) is 0 Å². The van der Waals surface area contributed by atoms with Crippen LogP contribution < -0.4 is 5.32 Å². The lowest BCUT2D eigenvalue weighted by Crippen LogP contribution is -2.10. The molecule has 0 aliphatic carbocycles. The summed E-state index contributed by atoms with van der Waals surface area (Å²) in [7, 11) is 0. The highest BCUT2D eigenvalue weighted by Crippen LogP contribution is 2.07. The predicted octanol–water partition coefficient (Wildman–Crippen LogP) is 2.61. The Kier molecular flexibility index (Phi) is 3.25. The topological polar surface area (TPSA) is 29.9 Å². The molecule has 2 aromatic rings. The second kappa shape index (κ2) is 4.84. The minimum absolute atomic E-state index is 0.891. The average Bonchev–Trinajstić information content (AvgIpc) is 2.67. The number of benzene rings is 1. The van der Waals surface area contributed by atoms with Crippen LogP contribution in [-0.2, 0) is 6.54 Å². The van der Waals surface area contributed by atoms with Gasteiger partial charge in [-0.1, -0.05) is 17.7 Å². The van der Waals surface area contributed by atoms with Gasteiger partial charge < -0.3 is 5.32 Å².